The summed E-state index contributed by atoms with van der Waals surface area (Å²) in [5.74, 6) is -0.873. The van der Waals surface area contributed by atoms with Crippen molar-refractivity contribution in [3.05, 3.63) is 0 Å². The highest BCUT2D eigenvalue weighted by molar-refractivity contribution is 5.77. The van der Waals surface area contributed by atoms with Gasteiger partial charge in [-0.1, -0.05) is 12.8 Å². The molecule has 0 spiro atoms. The molecule has 0 saturated heterocycles. The van der Waals surface area contributed by atoms with Crippen molar-refractivity contribution >= 4 is 12.0 Å². The number of aliphatic carboxylic acids is 1. The molecule has 6 nitrogen and oxygen atoms in total. The number of carbonyl (C=O) groups excluding carboxylic acids is 1. The Hall–Kier alpha value is -1.30. The molecule has 108 valence electrons. The first-order valence-electron chi connectivity index (χ1n) is 6.98. The Morgan fingerprint density at radius 3 is 2.37 bits per heavy atom. The van der Waals surface area contributed by atoms with Gasteiger partial charge < -0.3 is 20.4 Å². The van der Waals surface area contributed by atoms with Crippen LogP contribution in [0.2, 0.25) is 0 Å². The Morgan fingerprint density at radius 1 is 1.26 bits per heavy atom. The molecule has 2 amide bonds. The van der Waals surface area contributed by atoms with E-state index in [-0.39, 0.29) is 25.1 Å². The largest absolute Gasteiger partial charge is 0.481 e. The summed E-state index contributed by atoms with van der Waals surface area (Å²) in [6, 6.07) is -0.00451. The summed E-state index contributed by atoms with van der Waals surface area (Å²) < 4.78 is 0. The second-order valence-corrected chi connectivity index (χ2v) is 5.64. The molecule has 2 rings (SSSR count). The van der Waals surface area contributed by atoms with Crippen LogP contribution in [0.1, 0.15) is 44.9 Å². The molecule has 2 saturated carbocycles. The third-order valence-corrected chi connectivity index (χ3v) is 4.01. The predicted molar refractivity (Wildman–Crippen MR) is 68.8 cm³/mol. The summed E-state index contributed by atoms with van der Waals surface area (Å²) in [4.78, 5) is 24.9. The Balaban J connectivity index is 1.99. The van der Waals surface area contributed by atoms with E-state index in [9.17, 15) is 9.59 Å². The molecule has 0 atom stereocenters. The normalized spacial score (nSPS) is 21.1. The lowest BCUT2D eigenvalue weighted by atomic mass is 9.93. The van der Waals surface area contributed by atoms with Crippen LogP contribution in [0.25, 0.3) is 0 Å². The third kappa shape index (κ3) is 3.59. The summed E-state index contributed by atoms with van der Waals surface area (Å²) in [6.45, 7) is 0.259. The van der Waals surface area contributed by atoms with Crippen LogP contribution in [0.15, 0.2) is 0 Å². The molecule has 0 unspecified atom stereocenters. The average Bonchev–Trinajstić information content (AvgIpc) is 3.07. The van der Waals surface area contributed by atoms with Gasteiger partial charge in [-0.2, -0.15) is 0 Å². The minimum atomic E-state index is -0.873. The Labute approximate surface area is 112 Å². The van der Waals surface area contributed by atoms with Crippen LogP contribution in [0.3, 0.4) is 0 Å². The van der Waals surface area contributed by atoms with Crippen molar-refractivity contribution in [3.8, 4) is 0 Å². The Kier molecular flexibility index (Phi) is 4.29. The van der Waals surface area contributed by atoms with Crippen molar-refractivity contribution in [2.24, 2.45) is 0 Å². The molecular formula is C13H22N2O4. The summed E-state index contributed by atoms with van der Waals surface area (Å²) in [5.41, 5.74) is -0.592. The fourth-order valence-corrected chi connectivity index (χ4v) is 2.93. The van der Waals surface area contributed by atoms with E-state index in [0.29, 0.717) is 6.54 Å². The molecule has 0 bridgehead atoms. The van der Waals surface area contributed by atoms with Gasteiger partial charge in [0.15, 0.2) is 0 Å². The van der Waals surface area contributed by atoms with E-state index in [1.807, 2.05) is 0 Å². The van der Waals surface area contributed by atoms with Gasteiger partial charge in [-0.3, -0.25) is 4.79 Å². The topological polar surface area (TPSA) is 89.9 Å². The van der Waals surface area contributed by atoms with Crippen LogP contribution < -0.4 is 5.32 Å². The van der Waals surface area contributed by atoms with Crippen LogP contribution in [0, 0.1) is 0 Å². The fourth-order valence-electron chi connectivity index (χ4n) is 2.93. The molecule has 19 heavy (non-hydrogen) atoms. The first-order valence-corrected chi connectivity index (χ1v) is 6.98. The molecule has 2 fully saturated rings. The van der Waals surface area contributed by atoms with Crippen molar-refractivity contribution in [2.45, 2.75) is 56.5 Å². The van der Waals surface area contributed by atoms with Gasteiger partial charge in [0, 0.05) is 12.6 Å². The number of hydrogen-bond donors (Lipinski definition) is 3. The molecule has 2 aliphatic carbocycles. The number of carboxylic acids is 1. The van der Waals surface area contributed by atoms with E-state index in [0.717, 1.165) is 38.5 Å². The summed E-state index contributed by atoms with van der Waals surface area (Å²) in [7, 11) is 0. The second kappa shape index (κ2) is 5.77. The monoisotopic (exact) mass is 270 g/mol. The summed E-state index contributed by atoms with van der Waals surface area (Å²) in [5, 5.41) is 21.0. The molecule has 0 aromatic carbocycles. The number of carboxylic acid groups (broad SMARTS) is 1. The Bertz CT molecular complexity index is 349. The summed E-state index contributed by atoms with van der Waals surface area (Å²) >= 11 is 0. The standard InChI is InChI=1S/C13H22N2O4/c16-8-7-15(10-3-4-10)12(19)14-13(9-11(17)18)5-1-2-6-13/h10,16H,1-9H2,(H,14,19)(H,17,18). The van der Waals surface area contributed by atoms with Gasteiger partial charge in [-0.15, -0.1) is 0 Å². The first-order chi connectivity index (χ1) is 9.06. The zero-order valence-corrected chi connectivity index (χ0v) is 11.1. The molecule has 0 heterocycles. The van der Waals surface area contributed by atoms with Crippen LogP contribution in [0.5, 0.6) is 0 Å². The number of carbonyl (C=O) groups is 2. The van der Waals surface area contributed by atoms with Crippen LogP contribution in [-0.2, 0) is 4.79 Å². The number of hydrogen-bond acceptors (Lipinski definition) is 3. The van der Waals surface area contributed by atoms with Gasteiger partial charge in [0.25, 0.3) is 0 Å². The van der Waals surface area contributed by atoms with E-state index >= 15 is 0 Å². The van der Waals surface area contributed by atoms with Gasteiger partial charge in [-0.25, -0.2) is 4.79 Å². The van der Waals surface area contributed by atoms with Crippen molar-refractivity contribution < 1.29 is 19.8 Å². The zero-order valence-electron chi connectivity index (χ0n) is 11.1. The van der Waals surface area contributed by atoms with Gasteiger partial charge in [0.1, 0.15) is 0 Å². The van der Waals surface area contributed by atoms with E-state index in [2.05, 4.69) is 5.32 Å². The minimum absolute atomic E-state index is 0.0175. The highest BCUT2D eigenvalue weighted by Crippen LogP contribution is 2.34. The quantitative estimate of drug-likeness (QED) is 0.670. The molecule has 0 radical (unpaired) electrons. The van der Waals surface area contributed by atoms with Crippen LogP contribution >= 0.6 is 0 Å². The lowest BCUT2D eigenvalue weighted by Crippen LogP contribution is -2.54. The lowest BCUT2D eigenvalue weighted by molar-refractivity contribution is -0.138. The maximum atomic E-state index is 12.3. The highest BCUT2D eigenvalue weighted by Gasteiger charge is 2.40. The first kappa shape index (κ1) is 14.1. The molecule has 2 aliphatic rings. The molecule has 6 heteroatoms. The maximum absolute atomic E-state index is 12.3. The Morgan fingerprint density at radius 2 is 1.89 bits per heavy atom. The zero-order chi connectivity index (χ0) is 13.9. The summed E-state index contributed by atoms with van der Waals surface area (Å²) in [6.07, 6.45) is 5.29. The number of nitrogens with one attached hydrogen (secondary N) is 1. The van der Waals surface area contributed by atoms with Crippen molar-refractivity contribution in [1.29, 1.82) is 0 Å². The minimum Gasteiger partial charge on any atom is -0.481 e. The predicted octanol–water partition coefficient (Wildman–Crippen LogP) is 0.940. The van der Waals surface area contributed by atoms with E-state index in [4.69, 9.17) is 10.2 Å². The third-order valence-electron chi connectivity index (χ3n) is 4.01. The number of rotatable bonds is 6. The fraction of sp³-hybridized carbons (Fsp3) is 0.846. The SMILES string of the molecule is O=C(O)CC1(NC(=O)N(CCO)C2CC2)CCCC1. The number of amides is 2. The van der Waals surface area contributed by atoms with Crippen molar-refractivity contribution in [1.82, 2.24) is 10.2 Å². The number of nitrogens with zero attached hydrogens (tertiary/aromatic N) is 1. The van der Waals surface area contributed by atoms with Crippen molar-refractivity contribution in [3.63, 3.8) is 0 Å². The maximum Gasteiger partial charge on any atom is 0.318 e. The van der Waals surface area contributed by atoms with Gasteiger partial charge >= 0.3 is 12.0 Å². The molecular weight excluding hydrogens is 248 g/mol. The molecule has 0 aromatic heterocycles. The van der Waals surface area contributed by atoms with Crippen molar-refractivity contribution in [2.75, 3.05) is 13.2 Å². The van der Waals surface area contributed by atoms with Gasteiger partial charge in [-0.05, 0) is 25.7 Å². The average molecular weight is 270 g/mol. The lowest BCUT2D eigenvalue weighted by Gasteiger charge is -2.32. The van der Waals surface area contributed by atoms with E-state index < -0.39 is 11.5 Å². The van der Waals surface area contributed by atoms with Gasteiger partial charge in [0.05, 0.1) is 18.6 Å². The second-order valence-electron chi connectivity index (χ2n) is 5.64. The van der Waals surface area contributed by atoms with Crippen LogP contribution in [0.4, 0.5) is 4.79 Å². The smallest absolute Gasteiger partial charge is 0.318 e. The number of urea groups is 1. The van der Waals surface area contributed by atoms with E-state index in [1.165, 1.54) is 0 Å². The number of aliphatic hydroxyl groups excluding tert-OH is 1. The highest BCUT2D eigenvalue weighted by atomic mass is 16.4. The number of aliphatic hydroxyl groups is 1. The van der Waals surface area contributed by atoms with Crippen LogP contribution in [-0.4, -0.2) is 51.8 Å². The van der Waals surface area contributed by atoms with E-state index in [1.54, 1.807) is 4.90 Å². The molecule has 3 N–H and O–H groups in total. The van der Waals surface area contributed by atoms with Gasteiger partial charge in [0.2, 0.25) is 0 Å². The molecule has 0 aromatic rings. The molecule has 0 aliphatic heterocycles.